The van der Waals surface area contributed by atoms with Gasteiger partial charge in [0.15, 0.2) is 12.6 Å². The van der Waals surface area contributed by atoms with Gasteiger partial charge in [0.05, 0.1) is 26.4 Å². The van der Waals surface area contributed by atoms with Crippen molar-refractivity contribution in [2.75, 3.05) is 33.0 Å². The molecule has 2 saturated heterocycles. The first-order valence-corrected chi connectivity index (χ1v) is 28.0. The zero-order chi connectivity index (χ0) is 53.7. The Hall–Kier alpha value is -3.35. The summed E-state index contributed by atoms with van der Waals surface area (Å²) in [5, 5.41) is 72.3. The largest absolute Gasteiger partial charge is 0.457 e. The van der Waals surface area contributed by atoms with Gasteiger partial charge in [-0.2, -0.15) is 0 Å². The van der Waals surface area contributed by atoms with E-state index < -0.39 is 86.7 Å². The van der Waals surface area contributed by atoms with Crippen molar-refractivity contribution in [3.8, 4) is 0 Å². The topological polar surface area (TPSA) is 214 Å². The van der Waals surface area contributed by atoms with Crippen LogP contribution in [-0.2, 0) is 33.2 Å². The second-order valence-electron chi connectivity index (χ2n) is 19.0. The van der Waals surface area contributed by atoms with Crippen molar-refractivity contribution < 1.29 is 69.0 Å². The van der Waals surface area contributed by atoms with Gasteiger partial charge >= 0.3 is 5.97 Å². The smallest absolute Gasteiger partial charge is 0.306 e. The number of rotatable bonds is 43. The van der Waals surface area contributed by atoms with Crippen LogP contribution < -0.4 is 0 Å². The van der Waals surface area contributed by atoms with E-state index in [2.05, 4.69) is 123 Å². The molecule has 0 aromatic carbocycles. The van der Waals surface area contributed by atoms with Crippen molar-refractivity contribution in [3.05, 3.63) is 109 Å². The predicted octanol–water partition coefficient (Wildman–Crippen LogP) is 9.57. The van der Waals surface area contributed by atoms with Gasteiger partial charge in [0.1, 0.15) is 54.9 Å². The van der Waals surface area contributed by atoms with E-state index in [-0.39, 0.29) is 19.6 Å². The number of esters is 1. The molecule has 7 N–H and O–H groups in total. The number of aliphatic hydroxyl groups is 7. The molecular weight excluding hydrogens is 945 g/mol. The molecule has 0 aromatic heterocycles. The van der Waals surface area contributed by atoms with Crippen molar-refractivity contribution in [3.63, 3.8) is 0 Å². The molecule has 74 heavy (non-hydrogen) atoms. The number of hydrogen-bond donors (Lipinski definition) is 7. The lowest BCUT2D eigenvalue weighted by atomic mass is 9.98. The van der Waals surface area contributed by atoms with Gasteiger partial charge in [-0.25, -0.2) is 0 Å². The van der Waals surface area contributed by atoms with E-state index in [1.54, 1.807) is 0 Å². The molecule has 0 radical (unpaired) electrons. The molecule has 11 atom stereocenters. The second kappa shape index (κ2) is 45.8. The first-order chi connectivity index (χ1) is 36.1. The molecular formula is C60H98O14. The van der Waals surface area contributed by atoms with Crippen LogP contribution in [0.15, 0.2) is 109 Å². The highest BCUT2D eigenvalue weighted by molar-refractivity contribution is 5.69. The molecule has 14 nitrogen and oxygen atoms in total. The molecule has 2 aliphatic heterocycles. The minimum absolute atomic E-state index is 0.0305. The number of ether oxygens (including phenoxy) is 6. The van der Waals surface area contributed by atoms with Gasteiger partial charge in [0.25, 0.3) is 0 Å². The Bertz CT molecular complexity index is 1630. The molecule has 2 fully saturated rings. The maximum Gasteiger partial charge on any atom is 0.306 e. The maximum absolute atomic E-state index is 13.0. The minimum atomic E-state index is -1.72. The third-order valence-corrected chi connectivity index (χ3v) is 12.5. The lowest BCUT2D eigenvalue weighted by Gasteiger charge is -2.42. The average molecular weight is 1040 g/mol. The zero-order valence-corrected chi connectivity index (χ0v) is 45.0. The summed E-state index contributed by atoms with van der Waals surface area (Å²) in [6.07, 6.45) is 45.8. The lowest BCUT2D eigenvalue weighted by Crippen LogP contribution is -2.61. The first kappa shape index (κ1) is 66.8. The SMILES string of the molecule is CC/C=C\C/C=C\C/C=C\C/C=C\C/C=C\C/C=C\C/C=C\CCCCCCOCC(COC1OC(COC2OC(CO)C(O)C(O)C2O)C(O)C(O)C1O)OC(=O)CCCCCCC/C=C\C/C=C\CCCC. The van der Waals surface area contributed by atoms with Crippen molar-refractivity contribution >= 4 is 5.97 Å². The summed E-state index contributed by atoms with van der Waals surface area (Å²) in [6.45, 7) is 3.42. The first-order valence-electron chi connectivity index (χ1n) is 28.0. The van der Waals surface area contributed by atoms with Gasteiger partial charge in [0, 0.05) is 13.0 Å². The van der Waals surface area contributed by atoms with E-state index in [1.807, 2.05) is 0 Å². The Morgan fingerprint density at radius 3 is 1.38 bits per heavy atom. The van der Waals surface area contributed by atoms with Crippen molar-refractivity contribution in [1.82, 2.24) is 0 Å². The summed E-state index contributed by atoms with van der Waals surface area (Å²) >= 11 is 0. The van der Waals surface area contributed by atoms with Crippen LogP contribution in [0.4, 0.5) is 0 Å². The van der Waals surface area contributed by atoms with Crippen molar-refractivity contribution in [2.45, 2.75) is 229 Å². The summed E-state index contributed by atoms with van der Waals surface area (Å²) in [5.74, 6) is -0.405. The Balaban J connectivity index is 1.74. The molecule has 0 spiro atoms. The normalized spacial score (nSPS) is 25.6. The molecule has 2 heterocycles. The number of carbonyl (C=O) groups is 1. The second-order valence-corrected chi connectivity index (χ2v) is 19.0. The molecule has 14 heteroatoms. The maximum atomic E-state index is 13.0. The van der Waals surface area contributed by atoms with Crippen molar-refractivity contribution in [1.29, 1.82) is 0 Å². The summed E-state index contributed by atoms with van der Waals surface area (Å²) in [5.41, 5.74) is 0. The molecule has 2 rings (SSSR count). The van der Waals surface area contributed by atoms with Crippen LogP contribution in [0.2, 0.25) is 0 Å². The van der Waals surface area contributed by atoms with Crippen LogP contribution in [0, 0.1) is 0 Å². The Morgan fingerprint density at radius 2 is 0.878 bits per heavy atom. The lowest BCUT2D eigenvalue weighted by molar-refractivity contribution is -0.332. The molecule has 2 aliphatic rings. The van der Waals surface area contributed by atoms with E-state index in [0.29, 0.717) is 13.0 Å². The fraction of sp³-hybridized carbons (Fsp3) is 0.683. The van der Waals surface area contributed by atoms with Gasteiger partial charge in [-0.05, 0) is 96.3 Å². The third kappa shape index (κ3) is 32.3. The fourth-order valence-corrected chi connectivity index (χ4v) is 7.99. The Labute approximate surface area is 444 Å². The summed E-state index contributed by atoms with van der Waals surface area (Å²) in [7, 11) is 0. The number of aliphatic hydroxyl groups excluding tert-OH is 7. The van der Waals surface area contributed by atoms with Gasteiger partial charge in [-0.15, -0.1) is 0 Å². The average Bonchev–Trinajstić information content (AvgIpc) is 3.40. The van der Waals surface area contributed by atoms with Crippen LogP contribution >= 0.6 is 0 Å². The van der Waals surface area contributed by atoms with E-state index >= 15 is 0 Å². The zero-order valence-electron chi connectivity index (χ0n) is 45.0. The molecule has 0 saturated carbocycles. The highest BCUT2D eigenvalue weighted by Crippen LogP contribution is 2.26. The van der Waals surface area contributed by atoms with Crippen LogP contribution in [0.3, 0.4) is 0 Å². The van der Waals surface area contributed by atoms with Crippen LogP contribution in [0.5, 0.6) is 0 Å². The quantitative estimate of drug-likeness (QED) is 0.0172. The van der Waals surface area contributed by atoms with E-state index in [9.17, 15) is 40.5 Å². The Kier molecular flexibility index (Phi) is 41.3. The summed E-state index contributed by atoms with van der Waals surface area (Å²) in [4.78, 5) is 13.0. The minimum Gasteiger partial charge on any atom is -0.457 e. The van der Waals surface area contributed by atoms with E-state index in [4.69, 9.17) is 28.4 Å². The number of carbonyl (C=O) groups excluding carboxylic acids is 1. The molecule has 422 valence electrons. The fourth-order valence-electron chi connectivity index (χ4n) is 7.99. The summed E-state index contributed by atoms with van der Waals surface area (Å²) in [6, 6.07) is 0. The molecule has 11 unspecified atom stereocenters. The van der Waals surface area contributed by atoms with Gasteiger partial charge in [-0.3, -0.25) is 4.79 Å². The molecule has 0 bridgehead atoms. The van der Waals surface area contributed by atoms with Crippen molar-refractivity contribution in [2.24, 2.45) is 0 Å². The van der Waals surface area contributed by atoms with Gasteiger partial charge in [-0.1, -0.05) is 168 Å². The molecule has 0 amide bonds. The predicted molar refractivity (Wildman–Crippen MR) is 293 cm³/mol. The van der Waals surface area contributed by atoms with Crippen LogP contribution in [-0.4, -0.2) is 142 Å². The number of allylic oxidation sites excluding steroid dienone is 18. The summed E-state index contributed by atoms with van der Waals surface area (Å²) < 4.78 is 34.3. The van der Waals surface area contributed by atoms with E-state index in [0.717, 1.165) is 122 Å². The highest BCUT2D eigenvalue weighted by Gasteiger charge is 2.47. The standard InChI is InChI=1S/C60H98O14/c1-3-5-7-9-11-13-15-17-19-20-21-22-23-24-25-26-27-28-29-30-32-34-36-38-40-42-44-69-46-49(72-52(62)43-41-39-37-35-33-31-18-16-14-12-10-8-6-4-2)47-70-59-58(68)56(66)54(64)51(74-59)48-71-60-57(67)55(65)53(63)50(45-61)73-60/h5,7,10-13,16-19,21-22,24-25,27-28,30,32,49-51,53-61,63-68H,3-4,6,8-9,14-15,20,23,26,29,31,33-48H2,1-2H3/b7-5-,12-10-,13-11-,18-16-,19-17-,22-21-,25-24-,28-27-,32-30-. The van der Waals surface area contributed by atoms with Crippen LogP contribution in [0.25, 0.3) is 0 Å². The number of unbranched alkanes of at least 4 members (excludes halogenated alkanes) is 11. The highest BCUT2D eigenvalue weighted by atomic mass is 16.7. The number of hydrogen-bond acceptors (Lipinski definition) is 14. The molecule has 0 aliphatic carbocycles. The monoisotopic (exact) mass is 1040 g/mol. The van der Waals surface area contributed by atoms with Gasteiger partial charge < -0.3 is 64.2 Å². The molecule has 0 aromatic rings. The third-order valence-electron chi connectivity index (χ3n) is 12.5. The van der Waals surface area contributed by atoms with E-state index in [1.165, 1.54) is 12.8 Å². The Morgan fingerprint density at radius 1 is 0.459 bits per heavy atom. The van der Waals surface area contributed by atoms with Crippen LogP contribution in [0.1, 0.15) is 162 Å². The van der Waals surface area contributed by atoms with Gasteiger partial charge in [0.2, 0.25) is 0 Å².